The Labute approximate surface area is 167 Å². The highest BCUT2D eigenvalue weighted by Gasteiger charge is 2.13. The topological polar surface area (TPSA) is 86.2 Å². The van der Waals surface area contributed by atoms with Crippen molar-refractivity contribution in [3.63, 3.8) is 0 Å². The Morgan fingerprint density at radius 2 is 1.78 bits per heavy atom. The minimum atomic E-state index is -3.78. The van der Waals surface area contributed by atoms with Gasteiger partial charge in [0.25, 0.3) is 10.0 Å². The van der Waals surface area contributed by atoms with Gasteiger partial charge in [0, 0.05) is 0 Å². The Morgan fingerprint density at radius 1 is 1.11 bits per heavy atom. The second kappa shape index (κ2) is 9.61. The number of hydrogen-bond donors (Lipinski definition) is 1. The number of halogens is 1. The zero-order chi connectivity index (χ0) is 19.9. The lowest BCUT2D eigenvalue weighted by Crippen LogP contribution is -2.18. The zero-order valence-corrected chi connectivity index (χ0v) is 17.6. The molecule has 27 heavy (non-hydrogen) atoms. The fraction of sp³-hybridized carbons (Fsp3) is 0.278. The maximum absolute atomic E-state index is 12.3. The molecule has 0 aliphatic rings. The fourth-order valence-corrected chi connectivity index (χ4v) is 3.64. The van der Waals surface area contributed by atoms with Gasteiger partial charge in [-0.3, -0.25) is 0 Å². The van der Waals surface area contributed by atoms with Crippen molar-refractivity contribution in [2.24, 2.45) is 5.10 Å². The summed E-state index contributed by atoms with van der Waals surface area (Å²) in [6.45, 7) is 4.69. The van der Waals surface area contributed by atoms with E-state index < -0.39 is 10.0 Å². The Morgan fingerprint density at radius 3 is 2.37 bits per heavy atom. The molecule has 0 saturated heterocycles. The van der Waals surface area contributed by atoms with E-state index in [1.807, 2.05) is 13.8 Å². The summed E-state index contributed by atoms with van der Waals surface area (Å²) in [6.07, 6.45) is 1.39. The van der Waals surface area contributed by atoms with Gasteiger partial charge in [-0.25, -0.2) is 4.83 Å². The largest absolute Gasteiger partial charge is 0.494 e. The fourth-order valence-electron chi connectivity index (χ4n) is 2.23. The Kier molecular flexibility index (Phi) is 7.49. The predicted octanol–water partition coefficient (Wildman–Crippen LogP) is 3.57. The maximum Gasteiger partial charge on any atom is 0.276 e. The number of rotatable bonds is 9. The van der Waals surface area contributed by atoms with E-state index in [1.165, 1.54) is 18.3 Å². The quantitative estimate of drug-likeness (QED) is 0.460. The van der Waals surface area contributed by atoms with E-state index in [1.54, 1.807) is 31.4 Å². The van der Waals surface area contributed by atoms with Crippen molar-refractivity contribution >= 4 is 32.2 Å². The van der Waals surface area contributed by atoms with Crippen LogP contribution in [0.2, 0.25) is 0 Å². The molecule has 9 heteroatoms. The van der Waals surface area contributed by atoms with Crippen molar-refractivity contribution in [3.05, 3.63) is 46.4 Å². The third kappa shape index (κ3) is 5.61. The van der Waals surface area contributed by atoms with Crippen LogP contribution in [0.1, 0.15) is 19.4 Å². The number of hydrogen-bond acceptors (Lipinski definition) is 6. The lowest BCUT2D eigenvalue weighted by Gasteiger charge is -2.11. The molecule has 2 aromatic rings. The summed E-state index contributed by atoms with van der Waals surface area (Å²) >= 11 is 3.40. The van der Waals surface area contributed by atoms with Gasteiger partial charge in [-0.2, -0.15) is 13.5 Å². The minimum absolute atomic E-state index is 0.0917. The van der Waals surface area contributed by atoms with Crippen LogP contribution in [0.3, 0.4) is 0 Å². The molecule has 2 rings (SSSR count). The normalized spacial score (nSPS) is 11.4. The van der Waals surface area contributed by atoms with Crippen molar-refractivity contribution in [3.8, 4) is 17.2 Å². The van der Waals surface area contributed by atoms with E-state index >= 15 is 0 Å². The third-order valence-corrected chi connectivity index (χ3v) is 5.19. The summed E-state index contributed by atoms with van der Waals surface area (Å²) in [4.78, 5) is 2.28. The second-order valence-electron chi connectivity index (χ2n) is 5.22. The van der Waals surface area contributed by atoms with Crippen LogP contribution < -0.4 is 19.0 Å². The molecule has 146 valence electrons. The van der Waals surface area contributed by atoms with Gasteiger partial charge in [-0.1, -0.05) is 0 Å². The molecule has 0 spiro atoms. The van der Waals surface area contributed by atoms with Crippen LogP contribution in [0.4, 0.5) is 0 Å². The molecule has 0 aliphatic carbocycles. The lowest BCUT2D eigenvalue weighted by atomic mass is 10.2. The van der Waals surface area contributed by atoms with E-state index in [9.17, 15) is 8.42 Å². The summed E-state index contributed by atoms with van der Waals surface area (Å²) in [7, 11) is -2.23. The van der Waals surface area contributed by atoms with E-state index in [2.05, 4.69) is 25.9 Å². The molecule has 1 N–H and O–H groups in total. The molecule has 7 nitrogen and oxygen atoms in total. The molecule has 0 atom stereocenters. The molecule has 0 radical (unpaired) electrons. The Hall–Kier alpha value is -2.26. The number of nitrogens with one attached hydrogen (secondary N) is 1. The number of benzene rings is 2. The molecule has 0 unspecified atom stereocenters. The van der Waals surface area contributed by atoms with Gasteiger partial charge < -0.3 is 14.2 Å². The molecule has 0 bridgehead atoms. The molecular weight excluding hydrogens is 436 g/mol. The number of nitrogens with zero attached hydrogens (tertiary/aromatic N) is 1. The van der Waals surface area contributed by atoms with Gasteiger partial charge in [-0.15, -0.1) is 0 Å². The second-order valence-corrected chi connectivity index (χ2v) is 7.74. The van der Waals surface area contributed by atoms with Crippen LogP contribution in [-0.2, 0) is 10.0 Å². The van der Waals surface area contributed by atoms with Crippen molar-refractivity contribution in [1.82, 2.24) is 4.83 Å². The van der Waals surface area contributed by atoms with Crippen LogP contribution in [0.25, 0.3) is 0 Å². The first-order valence-electron chi connectivity index (χ1n) is 8.19. The third-order valence-electron chi connectivity index (χ3n) is 3.37. The van der Waals surface area contributed by atoms with E-state index in [4.69, 9.17) is 14.2 Å². The van der Waals surface area contributed by atoms with Crippen molar-refractivity contribution in [2.75, 3.05) is 20.3 Å². The summed E-state index contributed by atoms with van der Waals surface area (Å²) in [5, 5.41) is 3.83. The highest BCUT2D eigenvalue weighted by atomic mass is 79.9. The van der Waals surface area contributed by atoms with Crippen molar-refractivity contribution in [2.45, 2.75) is 18.7 Å². The lowest BCUT2D eigenvalue weighted by molar-refractivity contribution is 0.310. The van der Waals surface area contributed by atoms with Crippen LogP contribution >= 0.6 is 15.9 Å². The first kappa shape index (κ1) is 21.0. The first-order chi connectivity index (χ1) is 12.9. The molecule has 0 aliphatic heterocycles. The van der Waals surface area contributed by atoms with Gasteiger partial charge in [0.15, 0.2) is 11.5 Å². The number of hydrazone groups is 1. The summed E-state index contributed by atoms with van der Waals surface area (Å²) in [5.41, 5.74) is 0.639. The minimum Gasteiger partial charge on any atom is -0.494 e. The van der Waals surface area contributed by atoms with E-state index in [0.717, 1.165) is 0 Å². The molecule has 0 amide bonds. The highest BCUT2D eigenvalue weighted by molar-refractivity contribution is 9.10. The van der Waals surface area contributed by atoms with Gasteiger partial charge in [-0.05, 0) is 71.7 Å². The molecular formula is C18H21BrN2O5S. The monoisotopic (exact) mass is 456 g/mol. The average molecular weight is 457 g/mol. The van der Waals surface area contributed by atoms with Gasteiger partial charge in [0.1, 0.15) is 5.75 Å². The average Bonchev–Trinajstić information content (AvgIpc) is 2.62. The van der Waals surface area contributed by atoms with Crippen LogP contribution in [-0.4, -0.2) is 35.0 Å². The molecule has 0 aromatic heterocycles. The first-order valence-corrected chi connectivity index (χ1v) is 10.5. The van der Waals surface area contributed by atoms with Crippen molar-refractivity contribution in [1.29, 1.82) is 0 Å². The summed E-state index contributed by atoms with van der Waals surface area (Å²) in [5.74, 6) is 1.70. The maximum atomic E-state index is 12.3. The summed E-state index contributed by atoms with van der Waals surface area (Å²) in [6, 6.07) is 9.56. The number of methoxy groups -OCH3 is 1. The predicted molar refractivity (Wildman–Crippen MR) is 107 cm³/mol. The molecule has 0 heterocycles. The van der Waals surface area contributed by atoms with Gasteiger partial charge in [0.2, 0.25) is 0 Å². The van der Waals surface area contributed by atoms with E-state index in [-0.39, 0.29) is 4.90 Å². The number of sulfonamides is 1. The number of ether oxygens (including phenoxy) is 3. The van der Waals surface area contributed by atoms with Crippen molar-refractivity contribution < 1.29 is 22.6 Å². The summed E-state index contributed by atoms with van der Waals surface area (Å²) < 4.78 is 41.4. The zero-order valence-electron chi connectivity index (χ0n) is 15.2. The van der Waals surface area contributed by atoms with Crippen LogP contribution in [0, 0.1) is 0 Å². The smallest absolute Gasteiger partial charge is 0.276 e. The van der Waals surface area contributed by atoms with E-state index in [0.29, 0.717) is 40.5 Å². The Balaban J connectivity index is 2.16. The SMILES string of the molecule is CCOc1ccc(S(=O)(=O)N/N=C/c2cc(Br)c(OC)c(OCC)c2)cc1. The van der Waals surface area contributed by atoms with Gasteiger partial charge >= 0.3 is 0 Å². The molecule has 2 aromatic carbocycles. The Bertz CT molecular complexity index is 899. The molecule has 0 saturated carbocycles. The van der Waals surface area contributed by atoms with Crippen LogP contribution in [0.15, 0.2) is 50.9 Å². The van der Waals surface area contributed by atoms with Crippen LogP contribution in [0.5, 0.6) is 17.2 Å². The molecule has 0 fully saturated rings. The highest BCUT2D eigenvalue weighted by Crippen LogP contribution is 2.36. The standard InChI is InChI=1S/C18H21BrN2O5S/c1-4-25-14-6-8-15(9-7-14)27(22,23)21-20-12-13-10-16(19)18(24-3)17(11-13)26-5-2/h6-12,21H,4-5H2,1-3H3/b20-12+. The van der Waals surface area contributed by atoms with Gasteiger partial charge in [0.05, 0.1) is 35.9 Å².